The lowest BCUT2D eigenvalue weighted by molar-refractivity contribution is -0.0159. The van der Waals surface area contributed by atoms with Crippen molar-refractivity contribution in [2.45, 2.75) is 25.0 Å². The molecule has 0 amide bonds. The molecule has 0 atom stereocenters. The van der Waals surface area contributed by atoms with Crippen molar-refractivity contribution in [2.75, 3.05) is 32.8 Å². The number of piperazine rings is 1. The summed E-state index contributed by atoms with van der Waals surface area (Å²) in [5, 5.41) is 3.44. The molecule has 26 heavy (non-hydrogen) atoms. The number of nitrogens with one attached hydrogen (secondary N) is 1. The molecule has 2 aromatic carbocycles. The molecule has 4 rings (SSSR count). The summed E-state index contributed by atoms with van der Waals surface area (Å²) in [4.78, 5) is 2.59. The number of halogens is 2. The van der Waals surface area contributed by atoms with Gasteiger partial charge in [-0.1, -0.05) is 40.2 Å². The third-order valence-electron chi connectivity index (χ3n) is 5.51. The van der Waals surface area contributed by atoms with E-state index >= 15 is 0 Å². The van der Waals surface area contributed by atoms with Crippen molar-refractivity contribution in [1.29, 1.82) is 0 Å². The van der Waals surface area contributed by atoms with Crippen molar-refractivity contribution in [2.24, 2.45) is 0 Å². The number of nitrogens with zero attached hydrogens (tertiary/aromatic N) is 1. The summed E-state index contributed by atoms with van der Waals surface area (Å²) in [7, 11) is 0. The third kappa shape index (κ3) is 3.86. The molecule has 1 saturated heterocycles. The molecule has 1 N–H and O–H groups in total. The van der Waals surface area contributed by atoms with Crippen LogP contribution in [0.3, 0.4) is 0 Å². The minimum atomic E-state index is -0.233. The first-order valence-electron chi connectivity index (χ1n) is 9.20. The fourth-order valence-electron chi connectivity index (χ4n) is 4.28. The van der Waals surface area contributed by atoms with Gasteiger partial charge in [0.2, 0.25) is 0 Å². The quantitative estimate of drug-likeness (QED) is 0.803. The number of rotatable bonds is 5. The topological polar surface area (TPSA) is 24.5 Å². The van der Waals surface area contributed by atoms with Crippen molar-refractivity contribution in [3.8, 4) is 0 Å². The van der Waals surface area contributed by atoms with Crippen LogP contribution in [0.2, 0.25) is 0 Å². The molecule has 3 nitrogen and oxygen atoms in total. The molecule has 0 bridgehead atoms. The summed E-state index contributed by atoms with van der Waals surface area (Å²) in [5.41, 5.74) is 3.74. The van der Waals surface area contributed by atoms with Crippen LogP contribution in [0.25, 0.3) is 0 Å². The Morgan fingerprint density at radius 2 is 1.77 bits per heavy atom. The number of benzene rings is 2. The first-order chi connectivity index (χ1) is 12.6. The smallest absolute Gasteiger partial charge is 0.124 e. The van der Waals surface area contributed by atoms with Crippen molar-refractivity contribution in [3.63, 3.8) is 0 Å². The van der Waals surface area contributed by atoms with E-state index in [2.05, 4.69) is 50.4 Å². The average Bonchev–Trinajstić information content (AvgIpc) is 3.01. The van der Waals surface area contributed by atoms with E-state index in [4.69, 9.17) is 4.74 Å². The summed E-state index contributed by atoms with van der Waals surface area (Å²) < 4.78 is 20.5. The number of ether oxygens (including phenoxy) is 1. The number of hydrogen-bond donors (Lipinski definition) is 1. The van der Waals surface area contributed by atoms with Crippen LogP contribution in [0.4, 0.5) is 4.39 Å². The van der Waals surface area contributed by atoms with E-state index in [0.29, 0.717) is 13.2 Å². The van der Waals surface area contributed by atoms with Gasteiger partial charge >= 0.3 is 0 Å². The number of hydrogen-bond acceptors (Lipinski definition) is 3. The van der Waals surface area contributed by atoms with E-state index in [-0.39, 0.29) is 11.4 Å². The monoisotopic (exact) mass is 418 g/mol. The van der Waals surface area contributed by atoms with Gasteiger partial charge in [0.1, 0.15) is 5.82 Å². The molecule has 0 spiro atoms. The van der Waals surface area contributed by atoms with Crippen molar-refractivity contribution < 1.29 is 9.13 Å². The molecule has 138 valence electrons. The van der Waals surface area contributed by atoms with E-state index in [9.17, 15) is 4.39 Å². The van der Waals surface area contributed by atoms with Gasteiger partial charge in [0.15, 0.2) is 0 Å². The summed E-state index contributed by atoms with van der Waals surface area (Å²) in [5.74, 6) is -0.233. The Kier molecular flexibility index (Phi) is 5.41. The van der Waals surface area contributed by atoms with Gasteiger partial charge in [0, 0.05) is 30.7 Å². The Bertz CT molecular complexity index is 731. The van der Waals surface area contributed by atoms with E-state index in [1.54, 1.807) is 6.07 Å². The highest BCUT2D eigenvalue weighted by Gasteiger charge is 2.42. The SMILES string of the molecule is Fc1cc(Br)cc(COCC2(N3CCNCC3)Cc3ccccc3C2)c1. The van der Waals surface area contributed by atoms with Gasteiger partial charge in [0.05, 0.1) is 18.8 Å². The van der Waals surface area contributed by atoms with Crippen LogP contribution in [0.5, 0.6) is 0 Å². The molecule has 5 heteroatoms. The number of fused-ring (bicyclic) bond motifs is 1. The van der Waals surface area contributed by atoms with Crippen LogP contribution >= 0.6 is 15.9 Å². The van der Waals surface area contributed by atoms with Crippen LogP contribution in [0.15, 0.2) is 46.9 Å². The lowest BCUT2D eigenvalue weighted by Crippen LogP contribution is -2.59. The molecule has 1 aliphatic carbocycles. The zero-order valence-electron chi connectivity index (χ0n) is 14.8. The predicted octanol–water partition coefficient (Wildman–Crippen LogP) is 3.55. The Morgan fingerprint density at radius 3 is 2.42 bits per heavy atom. The van der Waals surface area contributed by atoms with Gasteiger partial charge in [-0.15, -0.1) is 0 Å². The summed E-state index contributed by atoms with van der Waals surface area (Å²) >= 11 is 3.35. The van der Waals surface area contributed by atoms with Gasteiger partial charge in [-0.3, -0.25) is 4.90 Å². The minimum absolute atomic E-state index is 0.0103. The summed E-state index contributed by atoms with van der Waals surface area (Å²) in [6, 6.07) is 13.7. The standard InChI is InChI=1S/C21H24BrFN2O/c22-19-9-16(10-20(23)11-19)14-26-15-21(25-7-5-24-6-8-25)12-17-3-1-2-4-18(17)13-21/h1-4,9-11,24H,5-8,12-15H2. The van der Waals surface area contributed by atoms with E-state index in [1.165, 1.54) is 17.2 Å². The molecular weight excluding hydrogens is 395 g/mol. The zero-order valence-corrected chi connectivity index (χ0v) is 16.4. The normalized spacial score (nSPS) is 19.5. The van der Waals surface area contributed by atoms with Crippen LogP contribution in [0.1, 0.15) is 16.7 Å². The Balaban J connectivity index is 1.49. The highest BCUT2D eigenvalue weighted by molar-refractivity contribution is 9.10. The zero-order chi connectivity index (χ0) is 18.0. The van der Waals surface area contributed by atoms with Crippen molar-refractivity contribution in [1.82, 2.24) is 10.2 Å². The molecule has 0 radical (unpaired) electrons. The van der Waals surface area contributed by atoms with Gasteiger partial charge in [-0.25, -0.2) is 4.39 Å². The first-order valence-corrected chi connectivity index (χ1v) is 9.99. The molecule has 2 aromatic rings. The molecule has 2 aliphatic rings. The average molecular weight is 419 g/mol. The lowest BCUT2D eigenvalue weighted by Gasteiger charge is -2.43. The first kappa shape index (κ1) is 18.1. The van der Waals surface area contributed by atoms with Crippen molar-refractivity contribution >= 4 is 15.9 Å². The Labute approximate surface area is 162 Å². The van der Waals surface area contributed by atoms with E-state index < -0.39 is 0 Å². The summed E-state index contributed by atoms with van der Waals surface area (Å²) in [6.07, 6.45) is 2.05. The van der Waals surface area contributed by atoms with Crippen LogP contribution in [-0.4, -0.2) is 43.2 Å². The molecule has 1 aliphatic heterocycles. The minimum Gasteiger partial charge on any atom is -0.375 e. The maximum Gasteiger partial charge on any atom is 0.124 e. The fourth-order valence-corrected chi connectivity index (χ4v) is 4.80. The molecular formula is C21H24BrFN2O. The highest BCUT2D eigenvalue weighted by Crippen LogP contribution is 2.35. The van der Waals surface area contributed by atoms with Gasteiger partial charge in [-0.05, 0) is 47.7 Å². The second kappa shape index (κ2) is 7.77. The van der Waals surface area contributed by atoms with E-state index in [0.717, 1.165) is 49.1 Å². The van der Waals surface area contributed by atoms with Gasteiger partial charge in [-0.2, -0.15) is 0 Å². The van der Waals surface area contributed by atoms with Crippen molar-refractivity contribution in [3.05, 3.63) is 69.4 Å². The molecule has 0 unspecified atom stereocenters. The second-order valence-corrected chi connectivity index (χ2v) is 8.27. The van der Waals surface area contributed by atoms with Crippen LogP contribution in [-0.2, 0) is 24.2 Å². The summed E-state index contributed by atoms with van der Waals surface area (Å²) in [6.45, 7) is 5.23. The van der Waals surface area contributed by atoms with E-state index in [1.807, 2.05) is 6.07 Å². The third-order valence-corrected chi connectivity index (χ3v) is 5.96. The lowest BCUT2D eigenvalue weighted by atomic mass is 9.93. The predicted molar refractivity (Wildman–Crippen MR) is 105 cm³/mol. The molecule has 0 saturated carbocycles. The van der Waals surface area contributed by atoms with Gasteiger partial charge in [0.25, 0.3) is 0 Å². The largest absolute Gasteiger partial charge is 0.375 e. The maximum atomic E-state index is 13.6. The highest BCUT2D eigenvalue weighted by atomic mass is 79.9. The van der Waals surface area contributed by atoms with Crippen LogP contribution < -0.4 is 5.32 Å². The molecule has 1 fully saturated rings. The second-order valence-electron chi connectivity index (χ2n) is 7.35. The Morgan fingerprint density at radius 1 is 1.08 bits per heavy atom. The molecule has 1 heterocycles. The Hall–Kier alpha value is -1.27. The van der Waals surface area contributed by atoms with Gasteiger partial charge < -0.3 is 10.1 Å². The van der Waals surface area contributed by atoms with Crippen LogP contribution in [0, 0.1) is 5.82 Å². The fraction of sp³-hybridized carbons (Fsp3) is 0.429. The molecule has 0 aromatic heterocycles. The maximum absolute atomic E-state index is 13.6.